The van der Waals surface area contributed by atoms with Crippen molar-refractivity contribution in [2.45, 2.75) is 60.0 Å². The minimum atomic E-state index is -0.741. The molecule has 3 heterocycles. The second-order valence-corrected chi connectivity index (χ2v) is 12.7. The normalized spacial score (nSPS) is 25.7. The van der Waals surface area contributed by atoms with Gasteiger partial charge in [-0.2, -0.15) is 0 Å². The van der Waals surface area contributed by atoms with Crippen molar-refractivity contribution < 1.29 is 33.1 Å². The number of piperidine rings is 1. The van der Waals surface area contributed by atoms with E-state index in [4.69, 9.17) is 9.47 Å². The number of rotatable bonds is 5. The molecule has 3 fully saturated rings. The summed E-state index contributed by atoms with van der Waals surface area (Å²) in [5, 5.41) is 3.29. The van der Waals surface area contributed by atoms with Crippen LogP contribution in [0, 0.1) is 17.3 Å². The topological polar surface area (TPSA) is 105 Å². The summed E-state index contributed by atoms with van der Waals surface area (Å²) in [5.41, 5.74) is -1.30. The van der Waals surface area contributed by atoms with E-state index in [2.05, 4.69) is 5.32 Å². The Hall–Kier alpha value is -2.20. The molecule has 10 nitrogen and oxygen atoms in total. The maximum absolute atomic E-state index is 13.1. The maximum Gasteiger partial charge on any atom is 0.417 e. The summed E-state index contributed by atoms with van der Waals surface area (Å²) >= 11 is 0. The van der Waals surface area contributed by atoms with Crippen LogP contribution in [0.2, 0.25) is 0 Å². The molecular weight excluding hydrogens is 464 g/mol. The summed E-state index contributed by atoms with van der Waals surface area (Å²) in [7, 11) is 0. The van der Waals surface area contributed by atoms with Gasteiger partial charge in [0, 0.05) is 63.9 Å². The molecule has 0 saturated carbocycles. The van der Waals surface area contributed by atoms with Gasteiger partial charge in [-0.3, -0.25) is 9.59 Å². The lowest BCUT2D eigenvalue weighted by Crippen LogP contribution is -2.64. The van der Waals surface area contributed by atoms with Crippen molar-refractivity contribution in [3.8, 4) is 0 Å². The molecule has 0 bridgehead atoms. The summed E-state index contributed by atoms with van der Waals surface area (Å²) in [4.78, 5) is 53.8. The molecule has 0 radical (unpaired) electrons. The van der Waals surface area contributed by atoms with Crippen LogP contribution in [0.1, 0.15) is 54.4 Å². The molecule has 2 amide bonds. The second-order valence-electron chi connectivity index (χ2n) is 12.7. The largest absolute Gasteiger partial charge is 0.456 e. The molecule has 0 aromatic heterocycles. The van der Waals surface area contributed by atoms with Crippen molar-refractivity contribution in [2.75, 3.05) is 65.4 Å². The minimum Gasteiger partial charge on any atom is -0.456 e. The molecule has 0 aromatic carbocycles. The molecule has 3 saturated heterocycles. The number of nitrogens with one attached hydrogen (secondary N) is 1. The number of nitrogens with zero attached hydrogens (tertiary/aromatic N) is 3. The van der Waals surface area contributed by atoms with Gasteiger partial charge in [0.15, 0.2) is 6.54 Å². The number of likely N-dealkylation sites (tertiary alicyclic amines) is 2. The molecule has 0 unspecified atom stereocenters. The molecule has 10 heteroatoms. The Morgan fingerprint density at radius 1 is 0.917 bits per heavy atom. The summed E-state index contributed by atoms with van der Waals surface area (Å²) < 4.78 is 11.2. The molecule has 0 spiro atoms. The zero-order valence-corrected chi connectivity index (χ0v) is 22.9. The van der Waals surface area contributed by atoms with E-state index in [0.717, 1.165) is 58.7 Å². The number of amides is 2. The lowest BCUT2D eigenvalue weighted by molar-refractivity contribution is -0.930. The first-order valence-corrected chi connectivity index (χ1v) is 13.3. The summed E-state index contributed by atoms with van der Waals surface area (Å²) in [6.07, 6.45) is 0.874. The summed E-state index contributed by atoms with van der Waals surface area (Å²) in [5.74, 6) is -0.358. The van der Waals surface area contributed by atoms with Gasteiger partial charge in [-0.1, -0.05) is 0 Å². The number of piperazine rings is 1. The zero-order valence-electron chi connectivity index (χ0n) is 22.9. The van der Waals surface area contributed by atoms with Crippen LogP contribution < -0.4 is 5.32 Å². The lowest BCUT2D eigenvalue weighted by Gasteiger charge is -2.48. The van der Waals surface area contributed by atoms with Crippen molar-refractivity contribution in [1.29, 1.82) is 0 Å². The van der Waals surface area contributed by atoms with Gasteiger partial charge in [0.2, 0.25) is 5.91 Å². The molecule has 1 N–H and O–H groups in total. The first-order valence-electron chi connectivity index (χ1n) is 13.3. The fourth-order valence-electron chi connectivity index (χ4n) is 5.24. The van der Waals surface area contributed by atoms with Gasteiger partial charge in [0.05, 0.1) is 25.0 Å². The fraction of sp³-hybridized carbons (Fsp3) is 0.846. The van der Waals surface area contributed by atoms with E-state index >= 15 is 0 Å². The van der Waals surface area contributed by atoms with E-state index in [1.165, 1.54) is 0 Å². The average molecular weight is 510 g/mol. The van der Waals surface area contributed by atoms with Crippen molar-refractivity contribution in [2.24, 2.45) is 17.3 Å². The van der Waals surface area contributed by atoms with Crippen LogP contribution in [0.15, 0.2) is 0 Å². The van der Waals surface area contributed by atoms with Crippen LogP contribution in [0.5, 0.6) is 0 Å². The maximum atomic E-state index is 13.1. The highest BCUT2D eigenvalue weighted by atomic mass is 16.6. The second kappa shape index (κ2) is 11.0. The molecule has 0 aromatic rings. The predicted octanol–water partition coefficient (Wildman–Crippen LogP) is 1.63. The number of quaternary nitrogens is 1. The third-order valence-electron chi connectivity index (χ3n) is 7.22. The molecular formula is C26H45N4O6+. The van der Waals surface area contributed by atoms with Crippen LogP contribution in [0.3, 0.4) is 0 Å². The van der Waals surface area contributed by atoms with Crippen LogP contribution >= 0.6 is 0 Å². The van der Waals surface area contributed by atoms with E-state index in [1.807, 2.05) is 25.7 Å². The summed E-state index contributed by atoms with van der Waals surface area (Å²) in [6.45, 7) is 17.3. The number of carbonyl (C=O) groups is 4. The van der Waals surface area contributed by atoms with Gasteiger partial charge >= 0.3 is 18.0 Å². The van der Waals surface area contributed by atoms with Gasteiger partial charge in [-0.15, -0.1) is 0 Å². The van der Waals surface area contributed by atoms with Crippen LogP contribution in [0.4, 0.5) is 4.79 Å². The lowest BCUT2D eigenvalue weighted by atomic mass is 9.90. The molecule has 3 aliphatic heterocycles. The van der Waals surface area contributed by atoms with Gasteiger partial charge in [-0.05, 0) is 41.5 Å². The monoisotopic (exact) mass is 509 g/mol. The van der Waals surface area contributed by atoms with Crippen molar-refractivity contribution in [3.63, 3.8) is 0 Å². The number of ether oxygens (including phenoxy) is 2. The first-order chi connectivity index (χ1) is 16.7. The quantitative estimate of drug-likeness (QED) is 0.341. The van der Waals surface area contributed by atoms with E-state index in [0.29, 0.717) is 17.6 Å². The van der Waals surface area contributed by atoms with E-state index in [-0.39, 0.29) is 30.3 Å². The SMILES string of the molecule is CC(C)(C)OC(=O)C[N+]1(CC2CN(C(=O)OC(=O)C(C)(C)C)C2)CCC(C(=O)N2CCNCC2)CC1. The number of hydrogen-bond donors (Lipinski definition) is 1. The Labute approximate surface area is 215 Å². The summed E-state index contributed by atoms with van der Waals surface area (Å²) in [6, 6.07) is 0. The highest BCUT2D eigenvalue weighted by Crippen LogP contribution is 2.30. The molecule has 0 atom stereocenters. The van der Waals surface area contributed by atoms with Crippen molar-refractivity contribution in [1.82, 2.24) is 15.1 Å². The fourth-order valence-corrected chi connectivity index (χ4v) is 5.24. The van der Waals surface area contributed by atoms with Crippen molar-refractivity contribution >= 4 is 23.9 Å². The van der Waals surface area contributed by atoms with E-state index in [1.54, 1.807) is 25.7 Å². The Balaban J connectivity index is 1.59. The standard InChI is InChI=1S/C26H45N4O6/c1-25(2,3)23(33)35-24(34)29-15-19(16-29)17-30(18-21(31)36-26(4,5)6)13-7-20(8-14-30)22(32)28-11-9-27-10-12-28/h19-20,27H,7-18H2,1-6H3/q+1. The van der Waals surface area contributed by atoms with Gasteiger partial charge in [-0.25, -0.2) is 9.59 Å². The Kier molecular flexibility index (Phi) is 8.70. The number of carbonyl (C=O) groups excluding carboxylic acids is 4. The molecule has 3 aliphatic rings. The van der Waals surface area contributed by atoms with Crippen LogP contribution in [-0.2, 0) is 23.9 Å². The van der Waals surface area contributed by atoms with Crippen molar-refractivity contribution in [3.05, 3.63) is 0 Å². The molecule has 204 valence electrons. The number of hydrogen-bond acceptors (Lipinski definition) is 7. The smallest absolute Gasteiger partial charge is 0.417 e. The average Bonchev–Trinajstić information content (AvgIpc) is 2.74. The Morgan fingerprint density at radius 2 is 1.50 bits per heavy atom. The van der Waals surface area contributed by atoms with Gasteiger partial charge in [0.1, 0.15) is 5.60 Å². The predicted molar refractivity (Wildman–Crippen MR) is 134 cm³/mol. The van der Waals surface area contributed by atoms with E-state index in [9.17, 15) is 19.2 Å². The Morgan fingerprint density at radius 3 is 2.03 bits per heavy atom. The van der Waals surface area contributed by atoms with Crippen LogP contribution in [-0.4, -0.2) is 109 Å². The number of esters is 2. The minimum absolute atomic E-state index is 0.00994. The Bertz CT molecular complexity index is 826. The highest BCUT2D eigenvalue weighted by molar-refractivity contribution is 5.87. The molecule has 3 rings (SSSR count). The van der Waals surface area contributed by atoms with Gasteiger partial charge < -0.3 is 29.1 Å². The molecule has 36 heavy (non-hydrogen) atoms. The van der Waals surface area contributed by atoms with Crippen LogP contribution in [0.25, 0.3) is 0 Å². The van der Waals surface area contributed by atoms with Gasteiger partial charge in [0.25, 0.3) is 0 Å². The third-order valence-corrected chi connectivity index (χ3v) is 7.22. The third kappa shape index (κ3) is 7.65. The molecule has 0 aliphatic carbocycles. The zero-order chi connectivity index (χ0) is 26.7. The highest BCUT2D eigenvalue weighted by Gasteiger charge is 2.45. The first kappa shape index (κ1) is 28.4. The van der Waals surface area contributed by atoms with E-state index < -0.39 is 23.1 Å².